The van der Waals surface area contributed by atoms with Crippen LogP contribution in [0.4, 0.5) is 0 Å². The van der Waals surface area contributed by atoms with Gasteiger partial charge in [0.1, 0.15) is 0 Å². The van der Waals surface area contributed by atoms with E-state index in [1.54, 1.807) is 0 Å². The SMILES string of the molecule is CCC(N[C@H](C)c1cccc(Cl)c1)c1ccc(Br)cc1. The highest BCUT2D eigenvalue weighted by atomic mass is 79.9. The Morgan fingerprint density at radius 1 is 1.10 bits per heavy atom. The van der Waals surface area contributed by atoms with Crippen molar-refractivity contribution in [3.63, 3.8) is 0 Å². The number of halogens is 2. The van der Waals surface area contributed by atoms with Gasteiger partial charge in [0.05, 0.1) is 0 Å². The fourth-order valence-corrected chi connectivity index (χ4v) is 2.78. The lowest BCUT2D eigenvalue weighted by molar-refractivity contribution is 0.456. The third-order valence-corrected chi connectivity index (χ3v) is 4.24. The van der Waals surface area contributed by atoms with Crippen molar-refractivity contribution in [1.82, 2.24) is 5.32 Å². The van der Waals surface area contributed by atoms with E-state index in [-0.39, 0.29) is 6.04 Å². The summed E-state index contributed by atoms with van der Waals surface area (Å²) in [7, 11) is 0. The molecule has 0 bridgehead atoms. The van der Waals surface area contributed by atoms with Crippen molar-refractivity contribution >= 4 is 27.5 Å². The Kier molecular flexibility index (Phi) is 5.64. The number of hydrogen-bond acceptors (Lipinski definition) is 1. The maximum Gasteiger partial charge on any atom is 0.0409 e. The van der Waals surface area contributed by atoms with Gasteiger partial charge in [0, 0.05) is 21.6 Å². The van der Waals surface area contributed by atoms with Gasteiger partial charge >= 0.3 is 0 Å². The molecule has 0 aromatic heterocycles. The summed E-state index contributed by atoms with van der Waals surface area (Å²) >= 11 is 9.54. The van der Waals surface area contributed by atoms with Crippen LogP contribution in [0.25, 0.3) is 0 Å². The van der Waals surface area contributed by atoms with E-state index in [4.69, 9.17) is 11.6 Å². The van der Waals surface area contributed by atoms with Crippen LogP contribution in [0.15, 0.2) is 53.0 Å². The fraction of sp³-hybridized carbons (Fsp3) is 0.294. The van der Waals surface area contributed by atoms with Crippen LogP contribution in [0.2, 0.25) is 5.02 Å². The molecule has 2 rings (SSSR count). The van der Waals surface area contributed by atoms with Gasteiger partial charge in [-0.1, -0.05) is 58.7 Å². The molecule has 0 saturated heterocycles. The first-order valence-electron chi connectivity index (χ1n) is 6.87. The van der Waals surface area contributed by atoms with Gasteiger partial charge in [0.15, 0.2) is 0 Å². The molecule has 1 nitrogen and oxygen atoms in total. The van der Waals surface area contributed by atoms with Crippen molar-refractivity contribution in [3.05, 3.63) is 69.2 Å². The summed E-state index contributed by atoms with van der Waals surface area (Å²) in [5.41, 5.74) is 2.53. The van der Waals surface area contributed by atoms with Crippen LogP contribution in [0.1, 0.15) is 43.5 Å². The monoisotopic (exact) mass is 351 g/mol. The van der Waals surface area contributed by atoms with Crippen LogP contribution in [0.3, 0.4) is 0 Å². The van der Waals surface area contributed by atoms with Gasteiger partial charge in [-0.15, -0.1) is 0 Å². The predicted octanol–water partition coefficient (Wildman–Crippen LogP) is 5.90. The maximum atomic E-state index is 6.06. The summed E-state index contributed by atoms with van der Waals surface area (Å²) in [5, 5.41) is 4.46. The van der Waals surface area contributed by atoms with Gasteiger partial charge in [0.25, 0.3) is 0 Å². The zero-order valence-electron chi connectivity index (χ0n) is 11.7. The Morgan fingerprint density at radius 2 is 1.80 bits per heavy atom. The molecule has 1 unspecified atom stereocenters. The zero-order chi connectivity index (χ0) is 14.5. The second kappa shape index (κ2) is 7.26. The standard InChI is InChI=1S/C17H19BrClN/c1-3-17(13-7-9-15(18)10-8-13)20-12(2)14-5-4-6-16(19)11-14/h4-12,17,20H,3H2,1-2H3/t12-,17?/m1/s1. The topological polar surface area (TPSA) is 12.0 Å². The van der Waals surface area contributed by atoms with Crippen LogP contribution < -0.4 is 5.32 Å². The molecule has 2 atom stereocenters. The lowest BCUT2D eigenvalue weighted by Crippen LogP contribution is -2.24. The number of hydrogen-bond donors (Lipinski definition) is 1. The summed E-state index contributed by atoms with van der Waals surface area (Å²) in [6, 6.07) is 17.1. The molecule has 0 fully saturated rings. The first kappa shape index (κ1) is 15.6. The Balaban J connectivity index is 2.11. The average molecular weight is 353 g/mol. The van der Waals surface area contributed by atoms with E-state index in [1.807, 2.05) is 18.2 Å². The summed E-state index contributed by atoms with van der Waals surface area (Å²) in [5.74, 6) is 0. The summed E-state index contributed by atoms with van der Waals surface area (Å²) < 4.78 is 1.11. The molecule has 0 saturated carbocycles. The number of rotatable bonds is 5. The van der Waals surface area contributed by atoms with Gasteiger partial charge in [-0.05, 0) is 48.7 Å². The van der Waals surface area contributed by atoms with Crippen molar-refractivity contribution in [2.75, 3.05) is 0 Å². The first-order chi connectivity index (χ1) is 9.60. The molecule has 2 aromatic rings. The smallest absolute Gasteiger partial charge is 0.0409 e. The molecule has 0 aliphatic rings. The molecule has 106 valence electrons. The van der Waals surface area contributed by atoms with Crippen LogP contribution in [0, 0.1) is 0 Å². The highest BCUT2D eigenvalue weighted by Crippen LogP contribution is 2.24. The molecule has 20 heavy (non-hydrogen) atoms. The third-order valence-electron chi connectivity index (χ3n) is 3.48. The van der Waals surface area contributed by atoms with E-state index in [0.717, 1.165) is 15.9 Å². The summed E-state index contributed by atoms with van der Waals surface area (Å²) in [6.45, 7) is 4.37. The molecule has 0 amide bonds. The number of benzene rings is 2. The van der Waals surface area contributed by atoms with E-state index in [9.17, 15) is 0 Å². The van der Waals surface area contributed by atoms with Gasteiger partial charge < -0.3 is 5.32 Å². The Morgan fingerprint density at radius 3 is 2.40 bits per heavy atom. The molecular formula is C17H19BrClN. The summed E-state index contributed by atoms with van der Waals surface area (Å²) in [4.78, 5) is 0. The van der Waals surface area contributed by atoms with E-state index in [0.29, 0.717) is 6.04 Å². The van der Waals surface area contributed by atoms with Crippen molar-refractivity contribution in [3.8, 4) is 0 Å². The van der Waals surface area contributed by atoms with Crippen molar-refractivity contribution < 1.29 is 0 Å². The molecular weight excluding hydrogens is 334 g/mol. The first-order valence-corrected chi connectivity index (χ1v) is 8.04. The second-order valence-corrected chi connectivity index (χ2v) is 6.31. The van der Waals surface area contributed by atoms with Crippen LogP contribution in [0.5, 0.6) is 0 Å². The molecule has 0 spiro atoms. The Labute approximate surface area is 134 Å². The molecule has 0 heterocycles. The normalized spacial score (nSPS) is 14.0. The zero-order valence-corrected chi connectivity index (χ0v) is 14.1. The van der Waals surface area contributed by atoms with Gasteiger partial charge in [-0.2, -0.15) is 0 Å². The van der Waals surface area contributed by atoms with Crippen molar-refractivity contribution in [2.45, 2.75) is 32.4 Å². The third kappa shape index (κ3) is 4.08. The fourth-order valence-electron chi connectivity index (χ4n) is 2.32. The molecule has 0 aliphatic carbocycles. The van der Waals surface area contributed by atoms with Gasteiger partial charge in [-0.3, -0.25) is 0 Å². The lowest BCUT2D eigenvalue weighted by Gasteiger charge is -2.23. The molecule has 0 aliphatic heterocycles. The highest BCUT2D eigenvalue weighted by molar-refractivity contribution is 9.10. The van der Waals surface area contributed by atoms with Crippen LogP contribution in [-0.4, -0.2) is 0 Å². The lowest BCUT2D eigenvalue weighted by atomic mass is 10.0. The van der Waals surface area contributed by atoms with Gasteiger partial charge in [-0.25, -0.2) is 0 Å². The molecule has 1 N–H and O–H groups in total. The van der Waals surface area contributed by atoms with E-state index in [1.165, 1.54) is 11.1 Å². The highest BCUT2D eigenvalue weighted by Gasteiger charge is 2.13. The quantitative estimate of drug-likeness (QED) is 0.706. The van der Waals surface area contributed by atoms with Crippen LogP contribution >= 0.6 is 27.5 Å². The van der Waals surface area contributed by atoms with Crippen molar-refractivity contribution in [1.29, 1.82) is 0 Å². The minimum atomic E-state index is 0.266. The Bertz CT molecular complexity index is 553. The average Bonchev–Trinajstić information content (AvgIpc) is 2.45. The Hall–Kier alpha value is -0.830. The minimum Gasteiger partial charge on any atom is -0.303 e. The van der Waals surface area contributed by atoms with E-state index in [2.05, 4.69) is 65.4 Å². The molecule has 2 aromatic carbocycles. The van der Waals surface area contributed by atoms with Crippen LogP contribution in [-0.2, 0) is 0 Å². The van der Waals surface area contributed by atoms with E-state index >= 15 is 0 Å². The van der Waals surface area contributed by atoms with E-state index < -0.39 is 0 Å². The molecule has 0 radical (unpaired) electrons. The minimum absolute atomic E-state index is 0.266. The molecule has 3 heteroatoms. The number of nitrogens with one attached hydrogen (secondary N) is 1. The second-order valence-electron chi connectivity index (χ2n) is 4.96. The summed E-state index contributed by atoms with van der Waals surface area (Å²) in [6.07, 6.45) is 1.05. The predicted molar refractivity (Wildman–Crippen MR) is 90.2 cm³/mol. The largest absolute Gasteiger partial charge is 0.303 e. The van der Waals surface area contributed by atoms with Gasteiger partial charge in [0.2, 0.25) is 0 Å². The van der Waals surface area contributed by atoms with Crippen molar-refractivity contribution in [2.24, 2.45) is 0 Å². The maximum absolute atomic E-state index is 6.06.